The Balaban J connectivity index is 1.74. The highest BCUT2D eigenvalue weighted by atomic mass is 79.9. The van der Waals surface area contributed by atoms with Crippen LogP contribution in [0.4, 0.5) is 0 Å². The van der Waals surface area contributed by atoms with Gasteiger partial charge in [0.1, 0.15) is 0 Å². The standard InChI is InChI=1S/C14H21BrN2O/c1-12(13-4-2-3-5-14(13)15)16-6-7-17-8-10-18-11-9-17/h2-5,12,16H,6-11H2,1H3/t12-/m1/s1. The molecule has 1 N–H and O–H groups in total. The fraction of sp³-hybridized carbons (Fsp3) is 0.571. The summed E-state index contributed by atoms with van der Waals surface area (Å²) < 4.78 is 6.52. The maximum Gasteiger partial charge on any atom is 0.0594 e. The van der Waals surface area contributed by atoms with Crippen molar-refractivity contribution in [2.45, 2.75) is 13.0 Å². The Morgan fingerprint density at radius 1 is 1.33 bits per heavy atom. The average molecular weight is 313 g/mol. The largest absolute Gasteiger partial charge is 0.379 e. The number of hydrogen-bond donors (Lipinski definition) is 1. The molecule has 1 aliphatic heterocycles. The number of nitrogens with one attached hydrogen (secondary N) is 1. The summed E-state index contributed by atoms with van der Waals surface area (Å²) in [7, 11) is 0. The van der Waals surface area contributed by atoms with Gasteiger partial charge in [-0.15, -0.1) is 0 Å². The summed E-state index contributed by atoms with van der Waals surface area (Å²) in [5.74, 6) is 0. The van der Waals surface area contributed by atoms with Gasteiger partial charge in [-0.3, -0.25) is 4.90 Å². The molecule has 1 saturated heterocycles. The van der Waals surface area contributed by atoms with Crippen LogP contribution in [0.25, 0.3) is 0 Å². The van der Waals surface area contributed by atoms with E-state index >= 15 is 0 Å². The normalized spacial score (nSPS) is 18.8. The van der Waals surface area contributed by atoms with E-state index in [0.717, 1.165) is 39.4 Å². The molecular weight excluding hydrogens is 292 g/mol. The number of hydrogen-bond acceptors (Lipinski definition) is 3. The van der Waals surface area contributed by atoms with E-state index in [2.05, 4.69) is 51.3 Å². The molecule has 0 spiro atoms. The van der Waals surface area contributed by atoms with Crippen LogP contribution in [0.1, 0.15) is 18.5 Å². The lowest BCUT2D eigenvalue weighted by molar-refractivity contribution is 0.0382. The third kappa shape index (κ3) is 4.05. The first kappa shape index (κ1) is 14.0. The van der Waals surface area contributed by atoms with E-state index < -0.39 is 0 Å². The minimum absolute atomic E-state index is 0.376. The highest BCUT2D eigenvalue weighted by Gasteiger charge is 2.11. The third-order valence-electron chi connectivity index (χ3n) is 3.35. The zero-order chi connectivity index (χ0) is 12.8. The summed E-state index contributed by atoms with van der Waals surface area (Å²) in [5.41, 5.74) is 1.32. The fourth-order valence-corrected chi connectivity index (χ4v) is 2.83. The molecule has 1 fully saturated rings. The SMILES string of the molecule is C[C@@H](NCCN1CCOCC1)c1ccccc1Br. The van der Waals surface area contributed by atoms with Crippen molar-refractivity contribution < 1.29 is 4.74 Å². The fourth-order valence-electron chi connectivity index (χ4n) is 2.20. The average Bonchev–Trinajstić information content (AvgIpc) is 2.40. The lowest BCUT2D eigenvalue weighted by Crippen LogP contribution is -2.40. The first-order valence-electron chi connectivity index (χ1n) is 6.55. The summed E-state index contributed by atoms with van der Waals surface area (Å²) in [4.78, 5) is 2.45. The molecule has 100 valence electrons. The smallest absolute Gasteiger partial charge is 0.0594 e. The van der Waals surface area contributed by atoms with Crippen LogP contribution in [0.3, 0.4) is 0 Å². The summed E-state index contributed by atoms with van der Waals surface area (Å²) in [6, 6.07) is 8.77. The molecule has 1 aromatic rings. The van der Waals surface area contributed by atoms with E-state index in [1.165, 1.54) is 10.0 Å². The number of halogens is 1. The maximum atomic E-state index is 5.34. The zero-order valence-electron chi connectivity index (χ0n) is 10.9. The van der Waals surface area contributed by atoms with Crippen molar-refractivity contribution in [3.8, 4) is 0 Å². The van der Waals surface area contributed by atoms with Gasteiger partial charge < -0.3 is 10.1 Å². The molecule has 0 aliphatic carbocycles. The molecule has 3 nitrogen and oxygen atoms in total. The van der Waals surface area contributed by atoms with Crippen LogP contribution in [0.15, 0.2) is 28.7 Å². The first-order chi connectivity index (χ1) is 8.77. The van der Waals surface area contributed by atoms with Crippen molar-refractivity contribution in [3.05, 3.63) is 34.3 Å². The molecule has 0 radical (unpaired) electrons. The van der Waals surface area contributed by atoms with Crippen molar-refractivity contribution in [3.63, 3.8) is 0 Å². The van der Waals surface area contributed by atoms with Gasteiger partial charge in [0.2, 0.25) is 0 Å². The first-order valence-corrected chi connectivity index (χ1v) is 7.34. The van der Waals surface area contributed by atoms with E-state index in [-0.39, 0.29) is 0 Å². The van der Waals surface area contributed by atoms with E-state index in [4.69, 9.17) is 4.74 Å². The van der Waals surface area contributed by atoms with E-state index in [0.29, 0.717) is 6.04 Å². The predicted molar refractivity (Wildman–Crippen MR) is 77.8 cm³/mol. The maximum absolute atomic E-state index is 5.34. The van der Waals surface area contributed by atoms with Crippen molar-refractivity contribution in [1.29, 1.82) is 0 Å². The molecular formula is C14H21BrN2O. The van der Waals surface area contributed by atoms with Crippen LogP contribution < -0.4 is 5.32 Å². The molecule has 1 aromatic carbocycles. The van der Waals surface area contributed by atoms with Gasteiger partial charge in [0, 0.05) is 36.7 Å². The highest BCUT2D eigenvalue weighted by Crippen LogP contribution is 2.22. The van der Waals surface area contributed by atoms with E-state index in [1.807, 2.05) is 6.07 Å². The van der Waals surface area contributed by atoms with Gasteiger partial charge in [0.15, 0.2) is 0 Å². The number of nitrogens with zero attached hydrogens (tertiary/aromatic N) is 1. The summed E-state index contributed by atoms with van der Waals surface area (Å²) in [5, 5.41) is 3.57. The lowest BCUT2D eigenvalue weighted by Gasteiger charge is -2.27. The Morgan fingerprint density at radius 3 is 2.78 bits per heavy atom. The van der Waals surface area contributed by atoms with Gasteiger partial charge in [0.05, 0.1) is 13.2 Å². The molecule has 0 saturated carbocycles. The van der Waals surface area contributed by atoms with Crippen molar-refractivity contribution in [2.75, 3.05) is 39.4 Å². The molecule has 1 atom stereocenters. The van der Waals surface area contributed by atoms with Gasteiger partial charge in [0.25, 0.3) is 0 Å². The summed E-state index contributed by atoms with van der Waals surface area (Å²) in [6.45, 7) is 8.19. The number of benzene rings is 1. The molecule has 0 amide bonds. The molecule has 0 aromatic heterocycles. The van der Waals surface area contributed by atoms with E-state index in [9.17, 15) is 0 Å². The number of ether oxygens (including phenoxy) is 1. The van der Waals surface area contributed by atoms with Crippen LogP contribution in [-0.2, 0) is 4.74 Å². The Bertz CT molecular complexity index is 367. The van der Waals surface area contributed by atoms with Crippen LogP contribution >= 0.6 is 15.9 Å². The van der Waals surface area contributed by atoms with Gasteiger partial charge >= 0.3 is 0 Å². The predicted octanol–water partition coefficient (Wildman–Crippen LogP) is 2.43. The minimum Gasteiger partial charge on any atom is -0.379 e. The monoisotopic (exact) mass is 312 g/mol. The minimum atomic E-state index is 0.376. The molecule has 0 unspecified atom stereocenters. The van der Waals surface area contributed by atoms with Gasteiger partial charge in [-0.25, -0.2) is 0 Å². The summed E-state index contributed by atoms with van der Waals surface area (Å²) >= 11 is 3.60. The molecule has 4 heteroatoms. The Kier molecular flexibility index (Phi) is 5.63. The zero-order valence-corrected chi connectivity index (χ0v) is 12.4. The Hall–Kier alpha value is -0.420. The lowest BCUT2D eigenvalue weighted by atomic mass is 10.1. The van der Waals surface area contributed by atoms with Crippen molar-refractivity contribution in [2.24, 2.45) is 0 Å². The van der Waals surface area contributed by atoms with Gasteiger partial charge in [-0.2, -0.15) is 0 Å². The number of rotatable bonds is 5. The van der Waals surface area contributed by atoms with E-state index in [1.54, 1.807) is 0 Å². The third-order valence-corrected chi connectivity index (χ3v) is 4.08. The Labute approximate surface area is 118 Å². The molecule has 1 heterocycles. The van der Waals surface area contributed by atoms with Crippen LogP contribution in [0.5, 0.6) is 0 Å². The van der Waals surface area contributed by atoms with Crippen LogP contribution in [-0.4, -0.2) is 44.3 Å². The summed E-state index contributed by atoms with van der Waals surface area (Å²) in [6.07, 6.45) is 0. The van der Waals surface area contributed by atoms with Crippen LogP contribution in [0.2, 0.25) is 0 Å². The van der Waals surface area contributed by atoms with Crippen molar-refractivity contribution in [1.82, 2.24) is 10.2 Å². The van der Waals surface area contributed by atoms with Gasteiger partial charge in [-0.1, -0.05) is 34.1 Å². The second-order valence-corrected chi connectivity index (χ2v) is 5.51. The molecule has 18 heavy (non-hydrogen) atoms. The second kappa shape index (κ2) is 7.24. The molecule has 1 aliphatic rings. The molecule has 2 rings (SSSR count). The Morgan fingerprint density at radius 2 is 2.06 bits per heavy atom. The van der Waals surface area contributed by atoms with Gasteiger partial charge in [-0.05, 0) is 18.6 Å². The quantitative estimate of drug-likeness (QED) is 0.903. The molecule has 0 bridgehead atoms. The van der Waals surface area contributed by atoms with Crippen LogP contribution in [0, 0.1) is 0 Å². The van der Waals surface area contributed by atoms with Crippen molar-refractivity contribution >= 4 is 15.9 Å². The topological polar surface area (TPSA) is 24.5 Å². The highest BCUT2D eigenvalue weighted by molar-refractivity contribution is 9.10. The second-order valence-electron chi connectivity index (χ2n) is 4.65. The number of morpholine rings is 1.